The predicted octanol–water partition coefficient (Wildman–Crippen LogP) is 2.32. The molecule has 0 unspecified atom stereocenters. The van der Waals surface area contributed by atoms with E-state index < -0.39 is 11.7 Å². The topological polar surface area (TPSA) is 88.2 Å². The van der Waals surface area contributed by atoms with E-state index in [2.05, 4.69) is 5.32 Å². The molecule has 0 heterocycles. The molecule has 0 spiro atoms. The summed E-state index contributed by atoms with van der Waals surface area (Å²) in [5.74, 6) is -0.100. The normalized spacial score (nSPS) is 10.8. The van der Waals surface area contributed by atoms with Crippen LogP contribution in [0.4, 0.5) is 10.5 Å². The van der Waals surface area contributed by atoms with Crippen molar-refractivity contribution in [3.05, 3.63) is 29.8 Å². The Hall–Kier alpha value is -2.04. The third-order valence-electron chi connectivity index (χ3n) is 1.85. The lowest BCUT2D eigenvalue weighted by Crippen LogP contribution is -2.28. The number of anilines is 1. The molecule has 0 radical (unpaired) electrons. The molecule has 1 amide bonds. The zero-order chi connectivity index (χ0) is 13.1. The van der Waals surface area contributed by atoms with Crippen LogP contribution in [0.5, 0.6) is 0 Å². The number of nitrogens with two attached hydrogens (primary N) is 1. The van der Waals surface area contributed by atoms with Crippen LogP contribution < -0.4 is 11.1 Å². The second kappa shape index (κ2) is 4.86. The van der Waals surface area contributed by atoms with Crippen molar-refractivity contribution in [3.63, 3.8) is 0 Å². The molecule has 5 heteroatoms. The van der Waals surface area contributed by atoms with Crippen LogP contribution in [0.15, 0.2) is 24.3 Å². The van der Waals surface area contributed by atoms with Gasteiger partial charge in [0.2, 0.25) is 0 Å². The summed E-state index contributed by atoms with van der Waals surface area (Å²) >= 11 is 0. The molecule has 1 rings (SSSR count). The van der Waals surface area contributed by atoms with Crippen LogP contribution in [0.2, 0.25) is 0 Å². The van der Waals surface area contributed by atoms with Crippen molar-refractivity contribution in [2.24, 2.45) is 5.73 Å². The molecule has 0 aliphatic rings. The molecule has 0 fully saturated rings. The van der Waals surface area contributed by atoms with Crippen LogP contribution in [-0.2, 0) is 4.74 Å². The van der Waals surface area contributed by atoms with Crippen LogP contribution in [0.1, 0.15) is 26.3 Å². The average Bonchev–Trinajstić information content (AvgIpc) is 2.14. The Bertz CT molecular complexity index is 436. The summed E-state index contributed by atoms with van der Waals surface area (Å²) in [4.78, 5) is 11.6. The van der Waals surface area contributed by atoms with E-state index in [4.69, 9.17) is 15.9 Å². The van der Waals surface area contributed by atoms with Gasteiger partial charge in [-0.15, -0.1) is 0 Å². The number of nitrogens with one attached hydrogen (secondary N) is 2. The number of carbonyl (C=O) groups excluding carboxylic acids is 1. The first kappa shape index (κ1) is 13.0. The Balaban J connectivity index is 2.82. The van der Waals surface area contributed by atoms with E-state index in [0.717, 1.165) is 0 Å². The predicted molar refractivity (Wildman–Crippen MR) is 67.3 cm³/mol. The number of rotatable bonds is 2. The Morgan fingerprint density at radius 3 is 2.47 bits per heavy atom. The summed E-state index contributed by atoms with van der Waals surface area (Å²) in [7, 11) is 0. The lowest BCUT2D eigenvalue weighted by molar-refractivity contribution is 0.0636. The van der Waals surface area contributed by atoms with Gasteiger partial charge >= 0.3 is 6.09 Å². The summed E-state index contributed by atoms with van der Waals surface area (Å²) in [5, 5.41) is 9.95. The second-order valence-electron chi connectivity index (χ2n) is 4.59. The van der Waals surface area contributed by atoms with E-state index in [0.29, 0.717) is 11.3 Å². The van der Waals surface area contributed by atoms with Crippen molar-refractivity contribution in [1.29, 1.82) is 5.41 Å². The molecule has 4 N–H and O–H groups in total. The van der Waals surface area contributed by atoms with E-state index in [-0.39, 0.29) is 5.84 Å². The number of amides is 1. The minimum absolute atomic E-state index is 0.100. The van der Waals surface area contributed by atoms with E-state index >= 15 is 0 Å². The maximum atomic E-state index is 11.6. The highest BCUT2D eigenvalue weighted by Crippen LogP contribution is 2.16. The zero-order valence-electron chi connectivity index (χ0n) is 10.2. The Morgan fingerprint density at radius 1 is 1.35 bits per heavy atom. The van der Waals surface area contributed by atoms with Gasteiger partial charge in [0.15, 0.2) is 0 Å². The summed E-state index contributed by atoms with van der Waals surface area (Å²) in [5.41, 5.74) is 5.79. The van der Waals surface area contributed by atoms with Crippen molar-refractivity contribution in [1.82, 2.24) is 0 Å². The van der Waals surface area contributed by atoms with Crippen molar-refractivity contribution >= 4 is 17.6 Å². The standard InChI is InChI=1S/C12H17N3O2/c1-12(2,3)17-11(16)15-9-7-5-4-6-8(9)10(13)14/h4-7H,1-3H3,(H3,13,14)(H,15,16). The smallest absolute Gasteiger partial charge is 0.412 e. The van der Waals surface area contributed by atoms with E-state index in [1.165, 1.54) is 0 Å². The summed E-state index contributed by atoms with van der Waals surface area (Å²) < 4.78 is 5.12. The summed E-state index contributed by atoms with van der Waals surface area (Å²) in [6, 6.07) is 6.83. The maximum absolute atomic E-state index is 11.6. The minimum Gasteiger partial charge on any atom is -0.444 e. The van der Waals surface area contributed by atoms with Gasteiger partial charge in [-0.05, 0) is 32.9 Å². The number of ether oxygens (including phenoxy) is 1. The Labute approximate surface area is 100 Å². The first-order valence-corrected chi connectivity index (χ1v) is 5.23. The van der Waals surface area contributed by atoms with E-state index in [1.807, 2.05) is 0 Å². The molecule has 5 nitrogen and oxygen atoms in total. The maximum Gasteiger partial charge on any atom is 0.412 e. The molecule has 0 aliphatic carbocycles. The van der Waals surface area contributed by atoms with Crippen LogP contribution in [0.3, 0.4) is 0 Å². The second-order valence-corrected chi connectivity index (χ2v) is 4.59. The van der Waals surface area contributed by atoms with Crippen LogP contribution >= 0.6 is 0 Å². The van der Waals surface area contributed by atoms with Crippen molar-refractivity contribution < 1.29 is 9.53 Å². The Kier molecular flexibility index (Phi) is 3.73. The molecule has 0 atom stereocenters. The molecule has 17 heavy (non-hydrogen) atoms. The van der Waals surface area contributed by atoms with Gasteiger partial charge in [0, 0.05) is 5.56 Å². The zero-order valence-corrected chi connectivity index (χ0v) is 10.2. The lowest BCUT2D eigenvalue weighted by atomic mass is 10.1. The van der Waals surface area contributed by atoms with E-state index in [1.54, 1.807) is 45.0 Å². The van der Waals surface area contributed by atoms with Gasteiger partial charge in [-0.2, -0.15) is 0 Å². The fraction of sp³-hybridized carbons (Fsp3) is 0.333. The number of nitrogen functional groups attached to an aromatic ring is 1. The van der Waals surface area contributed by atoms with Crippen molar-refractivity contribution in [2.75, 3.05) is 5.32 Å². The van der Waals surface area contributed by atoms with E-state index in [9.17, 15) is 4.79 Å². The number of hydrogen-bond acceptors (Lipinski definition) is 3. The molecular formula is C12H17N3O2. The van der Waals surface area contributed by atoms with Crippen LogP contribution in [0.25, 0.3) is 0 Å². The van der Waals surface area contributed by atoms with Crippen molar-refractivity contribution in [2.45, 2.75) is 26.4 Å². The SMILES string of the molecule is CC(C)(C)OC(=O)Nc1ccccc1C(=N)N. The molecule has 0 bridgehead atoms. The molecule has 92 valence electrons. The minimum atomic E-state index is -0.564. The summed E-state index contributed by atoms with van der Waals surface area (Å²) in [6.07, 6.45) is -0.564. The van der Waals surface area contributed by atoms with Crippen molar-refractivity contribution in [3.8, 4) is 0 Å². The fourth-order valence-corrected chi connectivity index (χ4v) is 1.24. The number of hydrogen-bond donors (Lipinski definition) is 3. The third-order valence-corrected chi connectivity index (χ3v) is 1.85. The van der Waals surface area contributed by atoms with Gasteiger partial charge in [0.1, 0.15) is 11.4 Å². The third kappa shape index (κ3) is 4.14. The van der Waals surface area contributed by atoms with Gasteiger partial charge in [-0.25, -0.2) is 4.79 Å². The quantitative estimate of drug-likeness (QED) is 0.543. The Morgan fingerprint density at radius 2 is 1.94 bits per heavy atom. The number of para-hydroxylation sites is 1. The average molecular weight is 235 g/mol. The molecule has 0 saturated carbocycles. The van der Waals surface area contributed by atoms with Gasteiger partial charge in [0.05, 0.1) is 5.69 Å². The van der Waals surface area contributed by atoms with Crippen LogP contribution in [0, 0.1) is 5.41 Å². The van der Waals surface area contributed by atoms with Gasteiger partial charge in [-0.3, -0.25) is 10.7 Å². The number of amidine groups is 1. The number of benzene rings is 1. The van der Waals surface area contributed by atoms with Gasteiger partial charge < -0.3 is 10.5 Å². The highest BCUT2D eigenvalue weighted by Gasteiger charge is 2.17. The first-order valence-electron chi connectivity index (χ1n) is 5.23. The summed E-state index contributed by atoms with van der Waals surface area (Å²) in [6.45, 7) is 5.34. The van der Waals surface area contributed by atoms with Gasteiger partial charge in [-0.1, -0.05) is 12.1 Å². The molecular weight excluding hydrogens is 218 g/mol. The highest BCUT2D eigenvalue weighted by molar-refractivity contribution is 6.03. The molecule has 0 aliphatic heterocycles. The number of carbonyl (C=O) groups is 1. The molecule has 1 aromatic rings. The first-order chi connectivity index (χ1) is 7.79. The lowest BCUT2D eigenvalue weighted by Gasteiger charge is -2.20. The van der Waals surface area contributed by atoms with Gasteiger partial charge in [0.25, 0.3) is 0 Å². The van der Waals surface area contributed by atoms with Crippen LogP contribution in [-0.4, -0.2) is 17.5 Å². The molecule has 0 saturated heterocycles. The largest absolute Gasteiger partial charge is 0.444 e. The fourth-order valence-electron chi connectivity index (χ4n) is 1.24. The molecule has 1 aromatic carbocycles. The monoisotopic (exact) mass is 235 g/mol. The molecule has 0 aromatic heterocycles. The highest BCUT2D eigenvalue weighted by atomic mass is 16.6.